The Labute approximate surface area is 175 Å². The molecule has 1 aromatic carbocycles. The van der Waals surface area contributed by atoms with Crippen molar-refractivity contribution in [3.05, 3.63) is 35.0 Å². The van der Waals surface area contributed by atoms with Gasteiger partial charge in [0.15, 0.2) is 0 Å². The first-order valence-corrected chi connectivity index (χ1v) is 10.6. The number of nitrogens with one attached hydrogen (secondary N) is 2. The van der Waals surface area contributed by atoms with Crippen LogP contribution in [0.15, 0.2) is 24.4 Å². The first kappa shape index (κ1) is 20.2. The lowest BCUT2D eigenvalue weighted by Gasteiger charge is -2.26. The number of nitrogens with zero attached hydrogens (tertiary/aromatic N) is 2. The maximum Gasteiger partial charge on any atom is 0.225 e. The van der Waals surface area contributed by atoms with Crippen molar-refractivity contribution >= 4 is 34.3 Å². The largest absolute Gasteiger partial charge is 0.379 e. The molecular weight excluding hydrogens is 392 g/mol. The van der Waals surface area contributed by atoms with Gasteiger partial charge in [-0.2, -0.15) is 0 Å². The van der Waals surface area contributed by atoms with Crippen molar-refractivity contribution in [1.29, 1.82) is 0 Å². The van der Waals surface area contributed by atoms with Gasteiger partial charge in [0.2, 0.25) is 11.8 Å². The summed E-state index contributed by atoms with van der Waals surface area (Å²) in [5.41, 5.74) is 2.17. The fourth-order valence-electron chi connectivity index (χ4n) is 4.08. The molecule has 0 aliphatic carbocycles. The van der Waals surface area contributed by atoms with E-state index in [1.807, 2.05) is 24.4 Å². The van der Waals surface area contributed by atoms with Crippen LogP contribution in [0.4, 0.5) is 0 Å². The number of hydrogen-bond acceptors (Lipinski definition) is 4. The van der Waals surface area contributed by atoms with E-state index in [2.05, 4.69) is 15.2 Å². The highest BCUT2D eigenvalue weighted by Gasteiger charge is 2.33. The van der Waals surface area contributed by atoms with Crippen molar-refractivity contribution in [1.82, 2.24) is 20.1 Å². The zero-order valence-electron chi connectivity index (χ0n) is 16.5. The zero-order valence-corrected chi connectivity index (χ0v) is 17.2. The highest BCUT2D eigenvalue weighted by molar-refractivity contribution is 6.31. The number of morpholine rings is 1. The quantitative estimate of drug-likeness (QED) is 0.717. The van der Waals surface area contributed by atoms with Crippen molar-refractivity contribution in [3.63, 3.8) is 0 Å². The minimum Gasteiger partial charge on any atom is -0.379 e. The summed E-state index contributed by atoms with van der Waals surface area (Å²) in [6.45, 7) is 5.85. The van der Waals surface area contributed by atoms with E-state index in [0.717, 1.165) is 55.7 Å². The van der Waals surface area contributed by atoms with Crippen molar-refractivity contribution in [2.75, 3.05) is 52.5 Å². The van der Waals surface area contributed by atoms with Gasteiger partial charge in [0.25, 0.3) is 0 Å². The van der Waals surface area contributed by atoms with Gasteiger partial charge in [-0.3, -0.25) is 14.5 Å². The third kappa shape index (κ3) is 4.91. The van der Waals surface area contributed by atoms with Crippen LogP contribution in [0.25, 0.3) is 10.9 Å². The topological polar surface area (TPSA) is 77.7 Å². The molecule has 2 amide bonds. The van der Waals surface area contributed by atoms with Crippen LogP contribution in [-0.2, 0) is 20.7 Å². The highest BCUT2D eigenvalue weighted by atomic mass is 35.5. The predicted octanol–water partition coefficient (Wildman–Crippen LogP) is 1.66. The van der Waals surface area contributed by atoms with Gasteiger partial charge in [0, 0.05) is 67.8 Å². The van der Waals surface area contributed by atoms with Gasteiger partial charge in [-0.1, -0.05) is 11.6 Å². The number of benzene rings is 1. The number of carbonyl (C=O) groups excluding carboxylic acids is 2. The van der Waals surface area contributed by atoms with Crippen LogP contribution in [0.2, 0.25) is 5.02 Å². The summed E-state index contributed by atoms with van der Waals surface area (Å²) in [5.74, 6) is -0.228. The number of aromatic nitrogens is 1. The minimum atomic E-state index is -0.260. The molecule has 3 heterocycles. The Balaban J connectivity index is 1.25. The average molecular weight is 419 g/mol. The molecule has 7 nitrogen and oxygen atoms in total. The second-order valence-electron chi connectivity index (χ2n) is 7.74. The molecule has 1 unspecified atom stereocenters. The Morgan fingerprint density at radius 2 is 2.10 bits per heavy atom. The lowest BCUT2D eigenvalue weighted by atomic mass is 10.1. The van der Waals surface area contributed by atoms with E-state index in [0.29, 0.717) is 31.1 Å². The molecule has 1 aromatic heterocycles. The molecule has 0 saturated carbocycles. The Bertz CT molecular complexity index is 878. The summed E-state index contributed by atoms with van der Waals surface area (Å²) in [4.78, 5) is 32.2. The molecule has 0 spiro atoms. The van der Waals surface area contributed by atoms with Crippen LogP contribution in [0.1, 0.15) is 12.0 Å². The molecule has 2 N–H and O–H groups in total. The van der Waals surface area contributed by atoms with Crippen LogP contribution in [0.3, 0.4) is 0 Å². The smallest absolute Gasteiger partial charge is 0.225 e. The monoisotopic (exact) mass is 418 g/mol. The second-order valence-corrected chi connectivity index (χ2v) is 8.18. The van der Waals surface area contributed by atoms with Crippen LogP contribution in [0.5, 0.6) is 0 Å². The first-order chi connectivity index (χ1) is 14.1. The van der Waals surface area contributed by atoms with E-state index in [9.17, 15) is 9.59 Å². The number of rotatable bonds is 7. The maximum absolute atomic E-state index is 12.5. The van der Waals surface area contributed by atoms with E-state index in [-0.39, 0.29) is 17.7 Å². The molecule has 2 aromatic rings. The Morgan fingerprint density at radius 1 is 1.28 bits per heavy atom. The lowest BCUT2D eigenvalue weighted by Crippen LogP contribution is -2.42. The van der Waals surface area contributed by atoms with Gasteiger partial charge in [-0.25, -0.2) is 0 Å². The molecular formula is C21H27ClN4O3. The summed E-state index contributed by atoms with van der Waals surface area (Å²) < 4.78 is 5.33. The number of aromatic amines is 1. The van der Waals surface area contributed by atoms with E-state index >= 15 is 0 Å². The highest BCUT2D eigenvalue weighted by Crippen LogP contribution is 2.24. The van der Waals surface area contributed by atoms with Crippen molar-refractivity contribution in [2.45, 2.75) is 12.8 Å². The van der Waals surface area contributed by atoms with Gasteiger partial charge in [0.1, 0.15) is 0 Å². The summed E-state index contributed by atoms with van der Waals surface area (Å²) in [6, 6.07) is 5.76. The summed E-state index contributed by atoms with van der Waals surface area (Å²) in [5, 5.41) is 4.78. The van der Waals surface area contributed by atoms with Gasteiger partial charge in [-0.05, 0) is 30.2 Å². The standard InChI is InChI=1S/C21H27ClN4O3/c22-17-1-2-19-18(12-17)15(13-24-19)3-5-26-14-16(11-20(26)27)21(28)23-4-6-25-7-9-29-10-8-25/h1-2,12-13,16,24H,3-11,14H2,(H,23,28). The summed E-state index contributed by atoms with van der Waals surface area (Å²) >= 11 is 6.11. The number of carbonyl (C=O) groups is 2. The number of likely N-dealkylation sites (tertiary alicyclic amines) is 1. The second kappa shape index (κ2) is 9.15. The molecule has 156 valence electrons. The maximum atomic E-state index is 12.5. The van der Waals surface area contributed by atoms with Gasteiger partial charge < -0.3 is 19.9 Å². The van der Waals surface area contributed by atoms with E-state index < -0.39 is 0 Å². The Hall–Kier alpha value is -2.09. The van der Waals surface area contributed by atoms with Crippen LogP contribution in [0, 0.1) is 5.92 Å². The Kier molecular flexibility index (Phi) is 6.37. The van der Waals surface area contributed by atoms with Crippen molar-refractivity contribution in [2.24, 2.45) is 5.92 Å². The number of H-pyrrole nitrogens is 1. The SMILES string of the molecule is O=C(NCCN1CCOCC1)C1CC(=O)N(CCc2c[nH]c3ccc(Cl)cc23)C1. The van der Waals surface area contributed by atoms with Gasteiger partial charge in [-0.15, -0.1) is 0 Å². The molecule has 4 rings (SSSR count). The van der Waals surface area contributed by atoms with E-state index in [4.69, 9.17) is 16.3 Å². The van der Waals surface area contributed by atoms with Crippen LogP contribution >= 0.6 is 11.6 Å². The summed E-state index contributed by atoms with van der Waals surface area (Å²) in [6.07, 6.45) is 3.00. The zero-order chi connectivity index (χ0) is 20.2. The number of hydrogen-bond donors (Lipinski definition) is 2. The van der Waals surface area contributed by atoms with E-state index in [1.165, 1.54) is 0 Å². The minimum absolute atomic E-state index is 0.0204. The number of ether oxygens (including phenoxy) is 1. The predicted molar refractivity (Wildman–Crippen MR) is 112 cm³/mol. The van der Waals surface area contributed by atoms with Crippen LogP contribution < -0.4 is 5.32 Å². The fourth-order valence-corrected chi connectivity index (χ4v) is 4.26. The van der Waals surface area contributed by atoms with Crippen molar-refractivity contribution < 1.29 is 14.3 Å². The number of halogens is 1. The lowest BCUT2D eigenvalue weighted by molar-refractivity contribution is -0.129. The number of amides is 2. The molecule has 8 heteroatoms. The molecule has 2 aliphatic heterocycles. The molecule has 1 atom stereocenters. The third-order valence-corrected chi connectivity index (χ3v) is 6.03. The molecule has 0 radical (unpaired) electrons. The molecule has 0 bridgehead atoms. The third-order valence-electron chi connectivity index (χ3n) is 5.80. The molecule has 2 fully saturated rings. The molecule has 2 saturated heterocycles. The molecule has 2 aliphatic rings. The van der Waals surface area contributed by atoms with Gasteiger partial charge in [0.05, 0.1) is 19.1 Å². The first-order valence-electron chi connectivity index (χ1n) is 10.2. The fraction of sp³-hybridized carbons (Fsp3) is 0.524. The molecule has 29 heavy (non-hydrogen) atoms. The van der Waals surface area contributed by atoms with Gasteiger partial charge >= 0.3 is 0 Å². The number of fused-ring (bicyclic) bond motifs is 1. The van der Waals surface area contributed by atoms with Crippen LogP contribution in [-0.4, -0.2) is 79.1 Å². The van der Waals surface area contributed by atoms with Crippen molar-refractivity contribution in [3.8, 4) is 0 Å². The average Bonchev–Trinajstić information content (AvgIpc) is 3.30. The Morgan fingerprint density at radius 3 is 2.93 bits per heavy atom. The normalized spacial score (nSPS) is 20.5. The summed E-state index contributed by atoms with van der Waals surface area (Å²) in [7, 11) is 0. The van der Waals surface area contributed by atoms with E-state index in [1.54, 1.807) is 4.90 Å².